The van der Waals surface area contributed by atoms with Crippen molar-refractivity contribution in [1.82, 2.24) is 4.98 Å². The van der Waals surface area contributed by atoms with E-state index in [-0.39, 0.29) is 5.41 Å². The lowest BCUT2D eigenvalue weighted by Crippen LogP contribution is -2.31. The van der Waals surface area contributed by atoms with Crippen molar-refractivity contribution in [1.29, 1.82) is 0 Å². The minimum Gasteiger partial charge on any atom is -0.347 e. The molecule has 2 rings (SSSR count). The van der Waals surface area contributed by atoms with Gasteiger partial charge in [0.05, 0.1) is 5.69 Å². The monoisotopic (exact) mass is 285 g/mol. The Morgan fingerprint density at radius 2 is 2.17 bits per heavy atom. The Balaban J connectivity index is 2.26. The van der Waals surface area contributed by atoms with Crippen molar-refractivity contribution < 1.29 is 0 Å². The van der Waals surface area contributed by atoms with Crippen LogP contribution in [0.2, 0.25) is 0 Å². The summed E-state index contributed by atoms with van der Waals surface area (Å²) >= 11 is 3.80. The van der Waals surface area contributed by atoms with Gasteiger partial charge in [-0.3, -0.25) is 0 Å². The predicted molar refractivity (Wildman–Crippen MR) is 82.8 cm³/mol. The van der Waals surface area contributed by atoms with Crippen LogP contribution in [0.5, 0.6) is 0 Å². The molecule has 102 valence electrons. The highest BCUT2D eigenvalue weighted by molar-refractivity contribution is 7.99. The standard InChI is InChI=1S/C13H23N3S2/c1-13(2,3)11-10(7-14)18-12(15-11)16(4)9-5-6-17-8-9/h9H,5-8,14H2,1-4H3. The summed E-state index contributed by atoms with van der Waals surface area (Å²) in [5.74, 6) is 2.50. The quantitative estimate of drug-likeness (QED) is 0.927. The maximum atomic E-state index is 5.86. The zero-order valence-corrected chi connectivity index (χ0v) is 13.3. The van der Waals surface area contributed by atoms with Gasteiger partial charge in [0.15, 0.2) is 5.13 Å². The molecule has 1 atom stereocenters. The number of rotatable bonds is 3. The first-order chi connectivity index (χ1) is 8.43. The smallest absolute Gasteiger partial charge is 0.185 e. The van der Waals surface area contributed by atoms with Crippen LogP contribution in [0.3, 0.4) is 0 Å². The minimum absolute atomic E-state index is 0.0781. The Morgan fingerprint density at radius 3 is 2.61 bits per heavy atom. The molecule has 0 aliphatic carbocycles. The normalized spacial score (nSPS) is 20.4. The van der Waals surface area contributed by atoms with Crippen LogP contribution in [0.4, 0.5) is 5.13 Å². The number of nitrogens with two attached hydrogens (primary N) is 1. The lowest BCUT2D eigenvalue weighted by atomic mass is 9.91. The second-order valence-electron chi connectivity index (χ2n) is 5.85. The van der Waals surface area contributed by atoms with E-state index in [2.05, 4.69) is 32.7 Å². The Labute approximate surface area is 118 Å². The van der Waals surface area contributed by atoms with Crippen LogP contribution in [0.15, 0.2) is 0 Å². The van der Waals surface area contributed by atoms with Crippen molar-refractivity contribution in [2.75, 3.05) is 23.5 Å². The summed E-state index contributed by atoms with van der Waals surface area (Å²) in [4.78, 5) is 8.43. The lowest BCUT2D eigenvalue weighted by molar-refractivity contribution is 0.565. The van der Waals surface area contributed by atoms with E-state index >= 15 is 0 Å². The van der Waals surface area contributed by atoms with E-state index in [9.17, 15) is 0 Å². The van der Waals surface area contributed by atoms with E-state index in [1.807, 2.05) is 11.8 Å². The number of thioether (sulfide) groups is 1. The zero-order chi connectivity index (χ0) is 13.3. The summed E-state index contributed by atoms with van der Waals surface area (Å²) in [5.41, 5.74) is 7.11. The van der Waals surface area contributed by atoms with Gasteiger partial charge < -0.3 is 10.6 Å². The summed E-state index contributed by atoms with van der Waals surface area (Å²) in [7, 11) is 2.17. The largest absolute Gasteiger partial charge is 0.347 e. The van der Waals surface area contributed by atoms with E-state index < -0.39 is 0 Å². The number of thiazole rings is 1. The molecule has 1 aliphatic rings. The molecule has 1 fully saturated rings. The van der Waals surface area contributed by atoms with Gasteiger partial charge in [-0.1, -0.05) is 20.8 Å². The molecular formula is C13H23N3S2. The maximum absolute atomic E-state index is 5.86. The molecule has 0 saturated carbocycles. The van der Waals surface area contributed by atoms with E-state index in [0.29, 0.717) is 12.6 Å². The number of hydrogen-bond acceptors (Lipinski definition) is 5. The molecule has 1 saturated heterocycles. The third kappa shape index (κ3) is 2.83. The highest BCUT2D eigenvalue weighted by Gasteiger charge is 2.27. The molecule has 2 N–H and O–H groups in total. The van der Waals surface area contributed by atoms with Crippen LogP contribution >= 0.6 is 23.1 Å². The molecule has 1 aromatic rings. The first kappa shape index (κ1) is 14.2. The Kier molecular flexibility index (Phi) is 4.24. The Bertz CT molecular complexity index is 403. The summed E-state index contributed by atoms with van der Waals surface area (Å²) in [6.07, 6.45) is 1.27. The number of nitrogens with zero attached hydrogens (tertiary/aromatic N) is 2. The minimum atomic E-state index is 0.0781. The molecule has 18 heavy (non-hydrogen) atoms. The van der Waals surface area contributed by atoms with E-state index in [1.54, 1.807) is 11.3 Å². The highest BCUT2D eigenvalue weighted by atomic mass is 32.2. The van der Waals surface area contributed by atoms with Crippen LogP contribution < -0.4 is 10.6 Å². The third-order valence-electron chi connectivity index (χ3n) is 3.34. The van der Waals surface area contributed by atoms with Gasteiger partial charge in [-0.15, -0.1) is 11.3 Å². The van der Waals surface area contributed by atoms with Crippen molar-refractivity contribution >= 4 is 28.2 Å². The molecule has 0 radical (unpaired) electrons. The molecule has 1 unspecified atom stereocenters. The first-order valence-corrected chi connectivity index (χ1v) is 8.41. The van der Waals surface area contributed by atoms with E-state index in [1.165, 1.54) is 28.5 Å². The molecule has 5 heteroatoms. The van der Waals surface area contributed by atoms with Gasteiger partial charge in [0.25, 0.3) is 0 Å². The Morgan fingerprint density at radius 1 is 1.44 bits per heavy atom. The average Bonchev–Trinajstić information content (AvgIpc) is 2.96. The number of anilines is 1. The van der Waals surface area contributed by atoms with Gasteiger partial charge in [-0.25, -0.2) is 4.98 Å². The molecule has 0 aromatic carbocycles. The van der Waals surface area contributed by atoms with Crippen molar-refractivity contribution in [2.24, 2.45) is 5.73 Å². The summed E-state index contributed by atoms with van der Waals surface area (Å²) in [5, 5.41) is 1.13. The van der Waals surface area contributed by atoms with Crippen molar-refractivity contribution in [3.8, 4) is 0 Å². The second kappa shape index (κ2) is 5.39. The first-order valence-electron chi connectivity index (χ1n) is 6.44. The maximum Gasteiger partial charge on any atom is 0.185 e. The van der Waals surface area contributed by atoms with Gasteiger partial charge in [-0.2, -0.15) is 11.8 Å². The van der Waals surface area contributed by atoms with Crippen molar-refractivity contribution in [2.45, 2.75) is 45.2 Å². The summed E-state index contributed by atoms with van der Waals surface area (Å²) in [6.45, 7) is 7.21. The Hall–Kier alpha value is -0.260. The fourth-order valence-corrected chi connectivity index (χ4v) is 4.65. The van der Waals surface area contributed by atoms with Crippen LogP contribution in [0.25, 0.3) is 0 Å². The third-order valence-corrected chi connectivity index (χ3v) is 5.65. The van der Waals surface area contributed by atoms with Gasteiger partial charge >= 0.3 is 0 Å². The van der Waals surface area contributed by atoms with Crippen molar-refractivity contribution in [3.63, 3.8) is 0 Å². The predicted octanol–water partition coefficient (Wildman–Crippen LogP) is 2.84. The average molecular weight is 285 g/mol. The van der Waals surface area contributed by atoms with E-state index in [0.717, 1.165) is 5.13 Å². The highest BCUT2D eigenvalue weighted by Crippen LogP contribution is 2.35. The van der Waals surface area contributed by atoms with Crippen LogP contribution in [-0.2, 0) is 12.0 Å². The van der Waals surface area contributed by atoms with Crippen LogP contribution in [-0.4, -0.2) is 29.6 Å². The topological polar surface area (TPSA) is 42.2 Å². The van der Waals surface area contributed by atoms with E-state index in [4.69, 9.17) is 10.7 Å². The lowest BCUT2D eigenvalue weighted by Gasteiger charge is -2.23. The molecule has 2 heterocycles. The molecule has 0 amide bonds. The van der Waals surface area contributed by atoms with Gasteiger partial charge in [0.2, 0.25) is 0 Å². The fraction of sp³-hybridized carbons (Fsp3) is 0.769. The van der Waals surface area contributed by atoms with Gasteiger partial charge in [0, 0.05) is 35.7 Å². The van der Waals surface area contributed by atoms with Gasteiger partial charge in [0.1, 0.15) is 0 Å². The SMILES string of the molecule is CN(c1nc(C(C)(C)C)c(CN)s1)C1CCSC1. The fourth-order valence-electron chi connectivity index (χ4n) is 2.20. The van der Waals surface area contributed by atoms with Crippen molar-refractivity contribution in [3.05, 3.63) is 10.6 Å². The second-order valence-corrected chi connectivity index (χ2v) is 8.06. The summed E-state index contributed by atoms with van der Waals surface area (Å²) in [6, 6.07) is 0.639. The molecule has 1 aliphatic heterocycles. The van der Waals surface area contributed by atoms with Gasteiger partial charge in [-0.05, 0) is 12.2 Å². The number of aromatic nitrogens is 1. The molecule has 1 aromatic heterocycles. The molecule has 0 spiro atoms. The summed E-state index contributed by atoms with van der Waals surface area (Å²) < 4.78 is 0. The zero-order valence-electron chi connectivity index (χ0n) is 11.7. The molecule has 3 nitrogen and oxygen atoms in total. The molecule has 0 bridgehead atoms. The number of hydrogen-bond donors (Lipinski definition) is 1. The van der Waals surface area contributed by atoms with Crippen LogP contribution in [0.1, 0.15) is 37.8 Å². The van der Waals surface area contributed by atoms with Crippen LogP contribution in [0, 0.1) is 0 Å². The molecular weight excluding hydrogens is 262 g/mol.